The van der Waals surface area contributed by atoms with E-state index in [1.54, 1.807) is 13.8 Å². The second-order valence-electron chi connectivity index (χ2n) is 6.98. The van der Waals surface area contributed by atoms with Crippen LogP contribution in [0.1, 0.15) is 52.9 Å². The van der Waals surface area contributed by atoms with Crippen LogP contribution in [0.25, 0.3) is 0 Å². The maximum Gasteiger partial charge on any atom is 0.326 e. The summed E-state index contributed by atoms with van der Waals surface area (Å²) >= 11 is 0. The fourth-order valence-corrected chi connectivity index (χ4v) is 3.23. The molecule has 26 heavy (non-hydrogen) atoms. The van der Waals surface area contributed by atoms with Gasteiger partial charge >= 0.3 is 5.97 Å². The summed E-state index contributed by atoms with van der Waals surface area (Å²) in [5.41, 5.74) is 1.53. The molecule has 1 aliphatic rings. The van der Waals surface area contributed by atoms with Crippen LogP contribution in [0.3, 0.4) is 0 Å². The van der Waals surface area contributed by atoms with Crippen LogP contribution >= 0.6 is 0 Å². The van der Waals surface area contributed by atoms with Crippen molar-refractivity contribution in [3.8, 4) is 0 Å². The first-order valence-corrected chi connectivity index (χ1v) is 8.99. The minimum absolute atomic E-state index is 0.155. The molecule has 4 N–H and O–H groups in total. The van der Waals surface area contributed by atoms with Crippen molar-refractivity contribution in [1.29, 1.82) is 0 Å². The number of rotatable bonds is 9. The van der Waals surface area contributed by atoms with E-state index in [4.69, 9.17) is 5.21 Å². The Balaban J connectivity index is 2.86. The number of carbonyl (C=O) groups is 4. The lowest BCUT2D eigenvalue weighted by Gasteiger charge is -2.29. The molecule has 148 valence electrons. The monoisotopic (exact) mass is 371 g/mol. The molecule has 0 spiro atoms. The van der Waals surface area contributed by atoms with Crippen LogP contribution < -0.4 is 10.8 Å². The summed E-state index contributed by atoms with van der Waals surface area (Å²) in [5.74, 6) is -3.48. The van der Waals surface area contributed by atoms with Crippen molar-refractivity contribution in [1.82, 2.24) is 15.7 Å². The molecule has 0 saturated carbocycles. The first kappa shape index (κ1) is 21.9. The van der Waals surface area contributed by atoms with Gasteiger partial charge in [-0.1, -0.05) is 27.2 Å². The Labute approximate surface area is 153 Å². The van der Waals surface area contributed by atoms with Crippen LogP contribution in [0.4, 0.5) is 0 Å². The van der Waals surface area contributed by atoms with E-state index < -0.39 is 35.8 Å². The molecule has 1 saturated heterocycles. The Morgan fingerprint density at radius 2 is 1.88 bits per heavy atom. The molecule has 3 atom stereocenters. The number of likely N-dealkylation sites (tertiary alicyclic amines) is 1. The Morgan fingerprint density at radius 3 is 2.38 bits per heavy atom. The van der Waals surface area contributed by atoms with Gasteiger partial charge in [0, 0.05) is 18.9 Å². The van der Waals surface area contributed by atoms with Gasteiger partial charge in [0.2, 0.25) is 17.7 Å². The predicted molar refractivity (Wildman–Crippen MR) is 92.1 cm³/mol. The van der Waals surface area contributed by atoms with Gasteiger partial charge in [0.25, 0.3) is 0 Å². The number of hydrogen-bond acceptors (Lipinski definition) is 5. The number of aliphatic carboxylic acids is 1. The maximum absolute atomic E-state index is 12.8. The SMILES string of the molecule is CCCC(CC(=O)NO)C(=O)N1CCC[C@H]1C(=O)N[C@H](C(=O)O)C(C)C. The predicted octanol–water partition coefficient (Wildman–Crippen LogP) is 0.515. The van der Waals surface area contributed by atoms with Crippen molar-refractivity contribution in [2.45, 2.75) is 65.0 Å². The van der Waals surface area contributed by atoms with Gasteiger partial charge in [-0.05, 0) is 25.2 Å². The third-order valence-electron chi connectivity index (χ3n) is 4.61. The summed E-state index contributed by atoms with van der Waals surface area (Å²) in [6.45, 7) is 5.66. The molecule has 0 bridgehead atoms. The van der Waals surface area contributed by atoms with E-state index in [0.717, 1.165) is 0 Å². The topological polar surface area (TPSA) is 136 Å². The van der Waals surface area contributed by atoms with E-state index in [2.05, 4.69) is 5.32 Å². The number of nitrogens with zero attached hydrogens (tertiary/aromatic N) is 1. The molecular weight excluding hydrogens is 342 g/mol. The van der Waals surface area contributed by atoms with Crippen LogP contribution in [0.2, 0.25) is 0 Å². The first-order valence-electron chi connectivity index (χ1n) is 8.99. The number of carboxylic acids is 1. The number of hydrogen-bond donors (Lipinski definition) is 4. The third-order valence-corrected chi connectivity index (χ3v) is 4.61. The smallest absolute Gasteiger partial charge is 0.326 e. The van der Waals surface area contributed by atoms with Crippen molar-refractivity contribution in [2.24, 2.45) is 11.8 Å². The van der Waals surface area contributed by atoms with Gasteiger partial charge in [-0.3, -0.25) is 19.6 Å². The molecule has 0 aromatic rings. The molecule has 1 rings (SSSR count). The number of carbonyl (C=O) groups excluding carboxylic acids is 3. The Hall–Kier alpha value is -2.16. The molecule has 9 nitrogen and oxygen atoms in total. The van der Waals surface area contributed by atoms with Crippen molar-refractivity contribution in [3.05, 3.63) is 0 Å². The highest BCUT2D eigenvalue weighted by Gasteiger charge is 2.38. The Kier molecular flexibility index (Phi) is 8.50. The highest BCUT2D eigenvalue weighted by Crippen LogP contribution is 2.24. The zero-order valence-electron chi connectivity index (χ0n) is 15.5. The Morgan fingerprint density at radius 1 is 1.23 bits per heavy atom. The number of amides is 3. The summed E-state index contributed by atoms with van der Waals surface area (Å²) in [6, 6.07) is -1.76. The lowest BCUT2D eigenvalue weighted by Crippen LogP contribution is -2.53. The molecule has 1 unspecified atom stereocenters. The van der Waals surface area contributed by atoms with E-state index >= 15 is 0 Å². The summed E-state index contributed by atoms with van der Waals surface area (Å²) in [5, 5.41) is 20.4. The number of nitrogens with one attached hydrogen (secondary N) is 2. The third kappa shape index (κ3) is 5.69. The molecule has 1 heterocycles. The molecular formula is C17H29N3O6. The zero-order valence-corrected chi connectivity index (χ0v) is 15.5. The lowest BCUT2D eigenvalue weighted by molar-refractivity contribution is -0.147. The quantitative estimate of drug-likeness (QED) is 0.344. The molecule has 0 aromatic carbocycles. The normalized spacial score (nSPS) is 19.1. The fourth-order valence-electron chi connectivity index (χ4n) is 3.23. The molecule has 3 amide bonds. The van der Waals surface area contributed by atoms with Gasteiger partial charge in [-0.2, -0.15) is 0 Å². The largest absolute Gasteiger partial charge is 0.480 e. The van der Waals surface area contributed by atoms with E-state index in [0.29, 0.717) is 32.2 Å². The molecule has 0 radical (unpaired) electrons. The summed E-state index contributed by atoms with van der Waals surface area (Å²) < 4.78 is 0. The van der Waals surface area contributed by atoms with E-state index in [1.165, 1.54) is 10.4 Å². The fraction of sp³-hybridized carbons (Fsp3) is 0.765. The number of carboxylic acid groups (broad SMARTS) is 1. The lowest BCUT2D eigenvalue weighted by atomic mass is 9.97. The van der Waals surface area contributed by atoms with Crippen molar-refractivity contribution >= 4 is 23.7 Å². The maximum atomic E-state index is 12.8. The highest BCUT2D eigenvalue weighted by molar-refractivity contribution is 5.92. The van der Waals surface area contributed by atoms with Gasteiger partial charge < -0.3 is 15.3 Å². The molecule has 1 aliphatic heterocycles. The summed E-state index contributed by atoms with van der Waals surface area (Å²) in [4.78, 5) is 49.5. The van der Waals surface area contributed by atoms with E-state index in [-0.39, 0.29) is 18.2 Å². The summed E-state index contributed by atoms with van der Waals surface area (Å²) in [7, 11) is 0. The second kappa shape index (κ2) is 10.1. The van der Waals surface area contributed by atoms with Gasteiger partial charge in [0.15, 0.2) is 0 Å². The van der Waals surface area contributed by atoms with Crippen LogP contribution in [-0.4, -0.2) is 57.5 Å². The second-order valence-corrected chi connectivity index (χ2v) is 6.98. The minimum atomic E-state index is -1.12. The van der Waals surface area contributed by atoms with Gasteiger partial charge in [-0.15, -0.1) is 0 Å². The van der Waals surface area contributed by atoms with Crippen LogP contribution in [0.5, 0.6) is 0 Å². The van der Waals surface area contributed by atoms with Crippen molar-refractivity contribution in [2.75, 3.05) is 6.54 Å². The minimum Gasteiger partial charge on any atom is -0.480 e. The van der Waals surface area contributed by atoms with E-state index in [1.807, 2.05) is 6.92 Å². The van der Waals surface area contributed by atoms with Gasteiger partial charge in [0.05, 0.1) is 0 Å². The average molecular weight is 371 g/mol. The van der Waals surface area contributed by atoms with Gasteiger partial charge in [0.1, 0.15) is 12.1 Å². The summed E-state index contributed by atoms with van der Waals surface area (Å²) in [6.07, 6.45) is 2.06. The van der Waals surface area contributed by atoms with Gasteiger partial charge in [-0.25, -0.2) is 10.3 Å². The molecule has 9 heteroatoms. The van der Waals surface area contributed by atoms with Crippen LogP contribution in [-0.2, 0) is 19.2 Å². The number of hydroxylamine groups is 1. The molecule has 1 fully saturated rings. The zero-order chi connectivity index (χ0) is 19.9. The van der Waals surface area contributed by atoms with Crippen LogP contribution in [0, 0.1) is 11.8 Å². The van der Waals surface area contributed by atoms with Crippen LogP contribution in [0.15, 0.2) is 0 Å². The molecule has 0 aliphatic carbocycles. The standard InChI is InChI=1S/C17H29N3O6/c1-4-6-11(9-13(21)19-26)16(23)20-8-5-7-12(20)15(22)18-14(10(2)3)17(24)25/h10-12,14,26H,4-9H2,1-3H3,(H,18,22)(H,19,21)(H,24,25)/t11?,12-,14-/m0/s1. The van der Waals surface area contributed by atoms with Crippen molar-refractivity contribution < 1.29 is 29.5 Å². The first-order chi connectivity index (χ1) is 12.2. The molecule has 0 aromatic heterocycles. The van der Waals surface area contributed by atoms with E-state index in [9.17, 15) is 24.3 Å². The van der Waals surface area contributed by atoms with Crippen molar-refractivity contribution in [3.63, 3.8) is 0 Å². The average Bonchev–Trinajstić information content (AvgIpc) is 3.07. The highest BCUT2D eigenvalue weighted by atomic mass is 16.5. The Bertz CT molecular complexity index is 537.